The molecule has 0 aromatic heterocycles. The normalized spacial score (nSPS) is 22.6. The third kappa shape index (κ3) is 3.35. The van der Waals surface area contributed by atoms with Crippen LogP contribution in [-0.2, 0) is 0 Å². The standard InChI is InChI=1S/C21H37N/c1-16(2)21(17(3)4)14-12-19(18-10-8-7-9-11-18)20(21)13-15-22(5)6/h12,14,16-18H,7-11,13,15H2,1-6H3. The fourth-order valence-electron chi connectivity index (χ4n) is 4.92. The Morgan fingerprint density at radius 2 is 1.64 bits per heavy atom. The average Bonchev–Trinajstić information content (AvgIpc) is 2.86. The zero-order valence-electron chi connectivity index (χ0n) is 15.8. The Morgan fingerprint density at radius 3 is 2.14 bits per heavy atom. The van der Waals surface area contributed by atoms with E-state index in [-0.39, 0.29) is 0 Å². The highest BCUT2D eigenvalue weighted by Gasteiger charge is 2.43. The summed E-state index contributed by atoms with van der Waals surface area (Å²) in [6.45, 7) is 10.9. The predicted octanol–water partition coefficient (Wildman–Crippen LogP) is 5.68. The molecular formula is C21H37N. The molecular weight excluding hydrogens is 266 g/mol. The van der Waals surface area contributed by atoms with Gasteiger partial charge in [0.2, 0.25) is 0 Å². The molecule has 22 heavy (non-hydrogen) atoms. The molecule has 2 rings (SSSR count). The van der Waals surface area contributed by atoms with Gasteiger partial charge in [-0.25, -0.2) is 0 Å². The van der Waals surface area contributed by atoms with Crippen molar-refractivity contribution in [2.75, 3.05) is 20.6 Å². The topological polar surface area (TPSA) is 3.24 Å². The van der Waals surface area contributed by atoms with E-state index in [1.165, 1.54) is 45.1 Å². The summed E-state index contributed by atoms with van der Waals surface area (Å²) in [5.74, 6) is 2.20. The second kappa shape index (κ2) is 7.34. The SMILES string of the molecule is CC(C)C1(C(C)C)C=CC(C2CCCCC2)=C1CCN(C)C. The first-order chi connectivity index (χ1) is 10.4. The van der Waals surface area contributed by atoms with Gasteiger partial charge in [-0.05, 0) is 56.7 Å². The van der Waals surface area contributed by atoms with Gasteiger partial charge in [0, 0.05) is 12.0 Å². The minimum absolute atomic E-state index is 0.294. The molecule has 0 atom stereocenters. The molecule has 1 saturated carbocycles. The highest BCUT2D eigenvalue weighted by atomic mass is 15.0. The quantitative estimate of drug-likeness (QED) is 0.610. The van der Waals surface area contributed by atoms with E-state index in [1.807, 2.05) is 0 Å². The molecule has 0 aromatic rings. The molecule has 1 nitrogen and oxygen atoms in total. The van der Waals surface area contributed by atoms with Crippen LogP contribution in [-0.4, -0.2) is 25.5 Å². The summed E-state index contributed by atoms with van der Waals surface area (Å²) >= 11 is 0. The number of nitrogens with zero attached hydrogens (tertiary/aromatic N) is 1. The van der Waals surface area contributed by atoms with E-state index < -0.39 is 0 Å². The molecule has 0 bridgehead atoms. The van der Waals surface area contributed by atoms with Crippen molar-refractivity contribution in [2.24, 2.45) is 23.2 Å². The summed E-state index contributed by atoms with van der Waals surface area (Å²) in [7, 11) is 4.41. The number of hydrogen-bond donors (Lipinski definition) is 0. The zero-order valence-corrected chi connectivity index (χ0v) is 15.8. The maximum atomic E-state index is 2.58. The van der Waals surface area contributed by atoms with Crippen LogP contribution in [0.25, 0.3) is 0 Å². The van der Waals surface area contributed by atoms with Crippen LogP contribution in [0.5, 0.6) is 0 Å². The van der Waals surface area contributed by atoms with Gasteiger partial charge in [0.15, 0.2) is 0 Å². The Labute approximate surface area is 138 Å². The van der Waals surface area contributed by atoms with E-state index in [9.17, 15) is 0 Å². The summed E-state index contributed by atoms with van der Waals surface area (Å²) < 4.78 is 0. The molecule has 0 aromatic carbocycles. The second-order valence-corrected chi connectivity index (χ2v) is 8.40. The molecule has 2 aliphatic rings. The lowest BCUT2D eigenvalue weighted by Gasteiger charge is -2.41. The monoisotopic (exact) mass is 303 g/mol. The van der Waals surface area contributed by atoms with Crippen LogP contribution in [0.2, 0.25) is 0 Å². The summed E-state index contributed by atoms with van der Waals surface area (Å²) in [4.78, 5) is 2.34. The molecule has 0 aliphatic heterocycles. The lowest BCUT2D eigenvalue weighted by molar-refractivity contribution is 0.220. The van der Waals surface area contributed by atoms with Gasteiger partial charge in [-0.1, -0.05) is 64.7 Å². The lowest BCUT2D eigenvalue weighted by atomic mass is 9.64. The van der Waals surface area contributed by atoms with Gasteiger partial charge < -0.3 is 4.90 Å². The minimum atomic E-state index is 0.294. The van der Waals surface area contributed by atoms with E-state index in [1.54, 1.807) is 11.1 Å². The molecule has 1 fully saturated rings. The van der Waals surface area contributed by atoms with Crippen molar-refractivity contribution in [1.29, 1.82) is 0 Å². The van der Waals surface area contributed by atoms with Crippen molar-refractivity contribution < 1.29 is 0 Å². The highest BCUT2D eigenvalue weighted by molar-refractivity contribution is 5.44. The Balaban J connectivity index is 2.38. The van der Waals surface area contributed by atoms with Crippen LogP contribution < -0.4 is 0 Å². The Hall–Kier alpha value is -0.560. The lowest BCUT2D eigenvalue weighted by Crippen LogP contribution is -2.34. The summed E-state index contributed by atoms with van der Waals surface area (Å²) in [5, 5.41) is 0. The number of rotatable bonds is 6. The van der Waals surface area contributed by atoms with Gasteiger partial charge in [-0.3, -0.25) is 0 Å². The van der Waals surface area contributed by atoms with E-state index in [0.29, 0.717) is 17.3 Å². The van der Waals surface area contributed by atoms with E-state index in [0.717, 1.165) is 5.92 Å². The first-order valence-corrected chi connectivity index (χ1v) is 9.47. The molecule has 1 heteroatoms. The summed E-state index contributed by atoms with van der Waals surface area (Å²) in [6.07, 6.45) is 13.5. The molecule has 0 spiro atoms. The first kappa shape index (κ1) is 17.8. The Morgan fingerprint density at radius 1 is 1.05 bits per heavy atom. The van der Waals surface area contributed by atoms with Crippen LogP contribution in [0, 0.1) is 23.2 Å². The Kier molecular flexibility index (Phi) is 5.94. The van der Waals surface area contributed by atoms with Gasteiger partial charge in [0.25, 0.3) is 0 Å². The maximum absolute atomic E-state index is 2.58. The van der Waals surface area contributed by atoms with Gasteiger partial charge in [-0.2, -0.15) is 0 Å². The van der Waals surface area contributed by atoms with Crippen molar-refractivity contribution in [2.45, 2.75) is 66.2 Å². The molecule has 0 radical (unpaired) electrons. The summed E-state index contributed by atoms with van der Waals surface area (Å²) in [6, 6.07) is 0. The average molecular weight is 304 g/mol. The first-order valence-electron chi connectivity index (χ1n) is 9.47. The van der Waals surface area contributed by atoms with Gasteiger partial charge in [0.05, 0.1) is 0 Å². The maximum Gasteiger partial charge on any atom is 0.0146 e. The van der Waals surface area contributed by atoms with Gasteiger partial charge >= 0.3 is 0 Å². The molecule has 0 unspecified atom stereocenters. The van der Waals surface area contributed by atoms with Crippen molar-refractivity contribution in [1.82, 2.24) is 4.90 Å². The van der Waals surface area contributed by atoms with Crippen molar-refractivity contribution in [3.05, 3.63) is 23.3 Å². The molecule has 0 N–H and O–H groups in total. The molecule has 126 valence electrons. The van der Waals surface area contributed by atoms with Crippen LogP contribution in [0.3, 0.4) is 0 Å². The third-order valence-electron chi connectivity index (χ3n) is 6.17. The predicted molar refractivity (Wildman–Crippen MR) is 98.0 cm³/mol. The third-order valence-corrected chi connectivity index (χ3v) is 6.17. The van der Waals surface area contributed by atoms with Crippen LogP contribution >= 0.6 is 0 Å². The number of hydrogen-bond acceptors (Lipinski definition) is 1. The zero-order chi connectivity index (χ0) is 16.3. The second-order valence-electron chi connectivity index (χ2n) is 8.40. The highest BCUT2D eigenvalue weighted by Crippen LogP contribution is 2.53. The summed E-state index contributed by atoms with van der Waals surface area (Å²) in [5.41, 5.74) is 3.80. The minimum Gasteiger partial charge on any atom is -0.309 e. The van der Waals surface area contributed by atoms with E-state index >= 15 is 0 Å². The smallest absolute Gasteiger partial charge is 0.0146 e. The molecule has 2 aliphatic carbocycles. The van der Waals surface area contributed by atoms with Crippen molar-refractivity contribution in [3.63, 3.8) is 0 Å². The van der Waals surface area contributed by atoms with Crippen LogP contribution in [0.4, 0.5) is 0 Å². The number of allylic oxidation sites excluding steroid dienone is 3. The van der Waals surface area contributed by atoms with Crippen LogP contribution in [0.15, 0.2) is 23.3 Å². The molecule has 0 amide bonds. The van der Waals surface area contributed by atoms with Crippen molar-refractivity contribution in [3.8, 4) is 0 Å². The van der Waals surface area contributed by atoms with E-state index in [4.69, 9.17) is 0 Å². The van der Waals surface area contributed by atoms with E-state index in [2.05, 4.69) is 58.8 Å². The molecule has 0 saturated heterocycles. The molecule has 0 heterocycles. The fraction of sp³-hybridized carbons (Fsp3) is 0.810. The largest absolute Gasteiger partial charge is 0.309 e. The fourth-order valence-corrected chi connectivity index (χ4v) is 4.92. The van der Waals surface area contributed by atoms with Gasteiger partial charge in [0.1, 0.15) is 0 Å². The van der Waals surface area contributed by atoms with Gasteiger partial charge in [-0.15, -0.1) is 0 Å². The van der Waals surface area contributed by atoms with Crippen molar-refractivity contribution >= 4 is 0 Å². The Bertz CT molecular complexity index is 411. The van der Waals surface area contributed by atoms with Crippen LogP contribution in [0.1, 0.15) is 66.2 Å².